The Kier molecular flexibility index (Phi) is 3.41. The lowest BCUT2D eigenvalue weighted by atomic mass is 10.1. The molecule has 0 aliphatic carbocycles. The van der Waals surface area contributed by atoms with E-state index in [9.17, 15) is 18.0 Å². The topological polar surface area (TPSA) is 46.9 Å². The quantitative estimate of drug-likeness (QED) is 0.823. The number of alkyl halides is 3. The highest BCUT2D eigenvalue weighted by Gasteiger charge is 2.34. The summed E-state index contributed by atoms with van der Waals surface area (Å²) in [6.07, 6.45) is -3.35. The zero-order valence-corrected chi connectivity index (χ0v) is 11.5. The predicted octanol–water partition coefficient (Wildman–Crippen LogP) is 2.95. The zero-order chi connectivity index (χ0) is 15.2. The second-order valence-corrected chi connectivity index (χ2v) is 5.21. The van der Waals surface area contributed by atoms with Gasteiger partial charge in [-0.3, -0.25) is 14.7 Å². The molecule has 1 N–H and O–H groups in total. The Morgan fingerprint density at radius 2 is 2.14 bits per heavy atom. The number of nitrogens with one attached hydrogen (secondary N) is 1. The van der Waals surface area contributed by atoms with Crippen LogP contribution in [0, 0.1) is 0 Å². The van der Waals surface area contributed by atoms with Crippen molar-refractivity contribution in [1.82, 2.24) is 14.9 Å². The minimum atomic E-state index is -4.58. The zero-order valence-electron chi connectivity index (χ0n) is 10.7. The molecule has 4 nitrogen and oxygen atoms in total. The van der Waals surface area contributed by atoms with Gasteiger partial charge in [0, 0.05) is 0 Å². The number of hydrogen-bond donors (Lipinski definition) is 1. The number of aromatic nitrogens is 2. The molecule has 0 spiro atoms. The van der Waals surface area contributed by atoms with Crippen LogP contribution in [-0.2, 0) is 6.18 Å². The number of halogens is 4. The Hall–Kier alpha value is -1.60. The van der Waals surface area contributed by atoms with Crippen molar-refractivity contribution in [2.75, 3.05) is 6.54 Å². The first kappa shape index (κ1) is 14.3. The Balaban J connectivity index is 2.30. The second-order valence-electron chi connectivity index (χ2n) is 4.87. The van der Waals surface area contributed by atoms with Crippen molar-refractivity contribution in [3.63, 3.8) is 0 Å². The van der Waals surface area contributed by atoms with Gasteiger partial charge >= 0.3 is 6.18 Å². The molecule has 0 saturated carbocycles. The fourth-order valence-corrected chi connectivity index (χ4v) is 2.86. The first-order valence-corrected chi connectivity index (χ1v) is 6.79. The van der Waals surface area contributed by atoms with Gasteiger partial charge in [0.25, 0.3) is 5.56 Å². The summed E-state index contributed by atoms with van der Waals surface area (Å²) in [5.41, 5.74) is -1.92. The molecule has 1 aliphatic rings. The van der Waals surface area contributed by atoms with E-state index in [1.807, 2.05) is 0 Å². The van der Waals surface area contributed by atoms with E-state index in [1.54, 1.807) is 0 Å². The van der Waals surface area contributed by atoms with Gasteiger partial charge in [-0.15, -0.1) is 0 Å². The summed E-state index contributed by atoms with van der Waals surface area (Å²) in [4.78, 5) is 16.3. The molecule has 1 aliphatic heterocycles. The highest BCUT2D eigenvalue weighted by Crippen LogP contribution is 2.33. The number of benzene rings is 1. The van der Waals surface area contributed by atoms with Gasteiger partial charge in [-0.05, 0) is 43.1 Å². The number of nitrogens with zero attached hydrogens (tertiary/aromatic N) is 2. The van der Waals surface area contributed by atoms with E-state index in [1.165, 1.54) is 16.7 Å². The molecule has 1 saturated heterocycles. The van der Waals surface area contributed by atoms with Crippen LogP contribution in [0.1, 0.15) is 24.6 Å². The summed E-state index contributed by atoms with van der Waals surface area (Å²) in [5.74, 6) is 0. The summed E-state index contributed by atoms with van der Waals surface area (Å²) in [7, 11) is 0. The summed E-state index contributed by atoms with van der Waals surface area (Å²) in [5, 5.41) is 2.77. The van der Waals surface area contributed by atoms with E-state index in [-0.39, 0.29) is 16.8 Å². The van der Waals surface area contributed by atoms with Crippen LogP contribution in [0.4, 0.5) is 13.2 Å². The minimum Gasteiger partial charge on any atom is -0.297 e. The van der Waals surface area contributed by atoms with Crippen LogP contribution >= 0.6 is 11.6 Å². The van der Waals surface area contributed by atoms with E-state index < -0.39 is 22.8 Å². The Labute approximate surface area is 122 Å². The molecule has 0 bridgehead atoms. The molecule has 0 amide bonds. The number of rotatable bonds is 1. The summed E-state index contributed by atoms with van der Waals surface area (Å²) < 4.78 is 40.2. The first-order valence-electron chi connectivity index (χ1n) is 6.41. The molecule has 0 radical (unpaired) electrons. The monoisotopic (exact) mass is 317 g/mol. The van der Waals surface area contributed by atoms with Crippen LogP contribution in [0.3, 0.4) is 0 Å². The van der Waals surface area contributed by atoms with Gasteiger partial charge in [0.2, 0.25) is 5.28 Å². The van der Waals surface area contributed by atoms with Crippen molar-refractivity contribution >= 4 is 22.5 Å². The molecule has 1 aromatic carbocycles. The smallest absolute Gasteiger partial charge is 0.297 e. The lowest BCUT2D eigenvalue weighted by molar-refractivity contribution is -0.136. The van der Waals surface area contributed by atoms with E-state index >= 15 is 0 Å². The molecule has 2 aromatic rings. The average Bonchev–Trinajstić information content (AvgIpc) is 2.90. The molecule has 3 rings (SSSR count). The lowest BCUT2D eigenvalue weighted by Gasteiger charge is -2.17. The van der Waals surface area contributed by atoms with Gasteiger partial charge in [-0.1, -0.05) is 6.07 Å². The molecule has 1 atom stereocenters. The van der Waals surface area contributed by atoms with Gasteiger partial charge in [0.15, 0.2) is 0 Å². The van der Waals surface area contributed by atoms with Crippen LogP contribution < -0.4 is 10.9 Å². The van der Waals surface area contributed by atoms with Gasteiger partial charge in [-0.25, -0.2) is 4.98 Å². The van der Waals surface area contributed by atoms with E-state index in [4.69, 9.17) is 11.6 Å². The van der Waals surface area contributed by atoms with Crippen molar-refractivity contribution in [2.45, 2.75) is 25.2 Å². The van der Waals surface area contributed by atoms with Crippen LogP contribution in [0.25, 0.3) is 10.9 Å². The number of hydrogen-bond acceptors (Lipinski definition) is 3. The summed E-state index contributed by atoms with van der Waals surface area (Å²) >= 11 is 5.96. The van der Waals surface area contributed by atoms with Crippen LogP contribution in [0.5, 0.6) is 0 Å². The highest BCUT2D eigenvalue weighted by atomic mass is 35.5. The Morgan fingerprint density at radius 1 is 1.38 bits per heavy atom. The predicted molar refractivity (Wildman–Crippen MR) is 72.3 cm³/mol. The fraction of sp³-hybridized carbons (Fsp3) is 0.385. The van der Waals surface area contributed by atoms with Gasteiger partial charge < -0.3 is 0 Å². The minimum absolute atomic E-state index is 0.0806. The third-order valence-corrected chi connectivity index (χ3v) is 3.81. The Bertz CT molecular complexity index is 751. The molecule has 1 fully saturated rings. The standard InChI is InChI=1S/C13H11ClF3N3O/c14-12-19-10-7(3-1-4-8(10)13(15,16)17)11(21)20(12)9-5-2-6-18-9/h1,3-4,9,18H,2,5-6H2. The molecule has 8 heteroatoms. The number of para-hydroxylation sites is 1. The molecule has 1 unspecified atom stereocenters. The third kappa shape index (κ3) is 2.40. The van der Waals surface area contributed by atoms with Gasteiger partial charge in [-0.2, -0.15) is 13.2 Å². The summed E-state index contributed by atoms with van der Waals surface area (Å²) in [6, 6.07) is 3.43. The van der Waals surface area contributed by atoms with Gasteiger partial charge in [0.05, 0.1) is 22.6 Å². The first-order chi connectivity index (χ1) is 9.89. The van der Waals surface area contributed by atoms with Crippen LogP contribution in [0.15, 0.2) is 23.0 Å². The normalized spacial score (nSPS) is 19.3. The average molecular weight is 318 g/mol. The van der Waals surface area contributed by atoms with Crippen molar-refractivity contribution < 1.29 is 13.2 Å². The SMILES string of the molecule is O=c1c2cccc(C(F)(F)F)c2nc(Cl)n1C1CCCN1. The maximum absolute atomic E-state index is 13.0. The van der Waals surface area contributed by atoms with Crippen LogP contribution in [-0.4, -0.2) is 16.1 Å². The number of fused-ring (bicyclic) bond motifs is 1. The second kappa shape index (κ2) is 4.99. The molecule has 1 aromatic heterocycles. The third-order valence-electron chi connectivity index (χ3n) is 3.54. The molecular weight excluding hydrogens is 307 g/mol. The van der Waals surface area contributed by atoms with E-state index in [0.29, 0.717) is 6.42 Å². The highest BCUT2D eigenvalue weighted by molar-refractivity contribution is 6.28. The lowest BCUT2D eigenvalue weighted by Crippen LogP contribution is -2.32. The maximum atomic E-state index is 13.0. The van der Waals surface area contributed by atoms with Crippen molar-refractivity contribution in [3.05, 3.63) is 39.4 Å². The van der Waals surface area contributed by atoms with Crippen molar-refractivity contribution in [3.8, 4) is 0 Å². The summed E-state index contributed by atoms with van der Waals surface area (Å²) in [6.45, 7) is 0.730. The molecular formula is C13H11ClF3N3O. The van der Waals surface area contributed by atoms with Crippen molar-refractivity contribution in [2.24, 2.45) is 0 Å². The van der Waals surface area contributed by atoms with E-state index in [2.05, 4.69) is 10.3 Å². The molecule has 21 heavy (non-hydrogen) atoms. The Morgan fingerprint density at radius 3 is 2.76 bits per heavy atom. The maximum Gasteiger partial charge on any atom is 0.418 e. The fourth-order valence-electron chi connectivity index (χ4n) is 2.58. The van der Waals surface area contributed by atoms with Crippen LogP contribution in [0.2, 0.25) is 5.28 Å². The largest absolute Gasteiger partial charge is 0.418 e. The van der Waals surface area contributed by atoms with E-state index in [0.717, 1.165) is 19.0 Å². The molecule has 2 heterocycles. The molecule has 112 valence electrons. The van der Waals surface area contributed by atoms with Crippen molar-refractivity contribution in [1.29, 1.82) is 0 Å². The van der Waals surface area contributed by atoms with Gasteiger partial charge in [0.1, 0.15) is 0 Å².